The number of hydrogen-bond donors (Lipinski definition) is 3. The first kappa shape index (κ1) is 23.4. The van der Waals surface area contributed by atoms with Gasteiger partial charge in [0.15, 0.2) is 36.1 Å². The molecule has 3 aromatic heterocycles. The van der Waals surface area contributed by atoms with Crippen molar-refractivity contribution < 1.29 is 33.8 Å². The normalized spacial score (nSPS) is 19.6. The molecule has 0 unspecified atom stereocenters. The number of rotatable bonds is 7. The maximum absolute atomic E-state index is 12.9. The van der Waals surface area contributed by atoms with Gasteiger partial charge in [-0.1, -0.05) is 10.3 Å². The van der Waals surface area contributed by atoms with Crippen LogP contribution in [0.15, 0.2) is 57.2 Å². The number of carbonyl (C=O) groups is 3. The van der Waals surface area contributed by atoms with Gasteiger partial charge in [-0.05, 0) is 0 Å². The van der Waals surface area contributed by atoms with Crippen LogP contribution in [0, 0.1) is 0 Å². The third kappa shape index (κ3) is 4.16. The predicted molar refractivity (Wildman–Crippen MR) is 122 cm³/mol. The smallest absolute Gasteiger partial charge is 0.276 e. The maximum atomic E-state index is 12.9. The molecule has 16 heteroatoms. The quantitative estimate of drug-likeness (QED) is 0.104. The van der Waals surface area contributed by atoms with Gasteiger partial charge >= 0.3 is 0 Å². The predicted octanol–water partition coefficient (Wildman–Crippen LogP) is -1.65. The highest BCUT2D eigenvalue weighted by Gasteiger charge is 2.53. The van der Waals surface area contributed by atoms with Crippen LogP contribution in [0.3, 0.4) is 0 Å². The number of aliphatic carboxylic acids is 1. The fourth-order valence-electron chi connectivity index (χ4n) is 3.84. The van der Waals surface area contributed by atoms with Crippen molar-refractivity contribution >= 4 is 51.7 Å². The summed E-state index contributed by atoms with van der Waals surface area (Å²) in [6.45, 7) is 0.195. The third-order valence-corrected chi connectivity index (χ3v) is 7.49. The van der Waals surface area contributed by atoms with Gasteiger partial charge in [0.05, 0.1) is 17.2 Å². The van der Waals surface area contributed by atoms with Crippen LogP contribution < -0.4 is 20.7 Å². The first-order valence-corrected chi connectivity index (χ1v) is 12.2. The Labute approximate surface area is 210 Å². The molecule has 3 aromatic rings. The summed E-state index contributed by atoms with van der Waals surface area (Å²) in [6.07, 6.45) is 4.73. The Morgan fingerprint density at radius 1 is 1.39 bits per heavy atom. The molecule has 0 bridgehead atoms. The maximum Gasteiger partial charge on any atom is 0.276 e. The number of carbonyl (C=O) groups excluding carboxylic acids is 3. The molecule has 1 saturated heterocycles. The Kier molecular flexibility index (Phi) is 6.11. The lowest BCUT2D eigenvalue weighted by Gasteiger charge is -2.50. The zero-order valence-electron chi connectivity index (χ0n) is 18.1. The summed E-state index contributed by atoms with van der Waals surface area (Å²) in [4.78, 5) is 46.5. The molecular formula is C20H16N8O6S2. The molecule has 0 saturated carbocycles. The molecule has 5 heterocycles. The van der Waals surface area contributed by atoms with Gasteiger partial charge in [-0.25, -0.2) is 9.55 Å². The second kappa shape index (κ2) is 9.38. The molecule has 2 amide bonds. The summed E-state index contributed by atoms with van der Waals surface area (Å²) in [6, 6.07) is 2.46. The highest BCUT2D eigenvalue weighted by molar-refractivity contribution is 8.00. The van der Waals surface area contributed by atoms with E-state index < -0.39 is 34.9 Å². The van der Waals surface area contributed by atoms with Crippen LogP contribution in [0.25, 0.3) is 11.5 Å². The van der Waals surface area contributed by atoms with Crippen molar-refractivity contribution in [2.75, 3.05) is 11.5 Å². The summed E-state index contributed by atoms with van der Waals surface area (Å²) in [5.41, 5.74) is 6.14. The lowest BCUT2D eigenvalue weighted by molar-refractivity contribution is -0.689. The molecule has 2 atom stereocenters. The molecule has 5 rings (SSSR count). The number of nitrogens with zero attached hydrogens (tertiary/aromatic N) is 6. The van der Waals surface area contributed by atoms with E-state index in [1.54, 1.807) is 29.1 Å². The lowest BCUT2D eigenvalue weighted by Crippen LogP contribution is -2.71. The number of anilines is 1. The number of β-lactam (4-membered cyclic amide) rings is 1. The Morgan fingerprint density at radius 3 is 2.78 bits per heavy atom. The molecule has 1 fully saturated rings. The van der Waals surface area contributed by atoms with E-state index in [9.17, 15) is 24.7 Å². The minimum Gasteiger partial charge on any atom is -0.543 e. The highest BCUT2D eigenvalue weighted by Crippen LogP contribution is 2.40. The molecule has 2 aliphatic rings. The Balaban J connectivity index is 1.32. The minimum absolute atomic E-state index is 0.0529. The van der Waals surface area contributed by atoms with Crippen molar-refractivity contribution in [3.05, 3.63) is 53.2 Å². The summed E-state index contributed by atoms with van der Waals surface area (Å²) < 4.78 is 6.76. The fourth-order valence-corrected chi connectivity index (χ4v) is 5.72. The van der Waals surface area contributed by atoms with E-state index in [2.05, 4.69) is 25.6 Å². The largest absolute Gasteiger partial charge is 0.543 e. The van der Waals surface area contributed by atoms with Gasteiger partial charge in [-0.15, -0.1) is 23.1 Å². The monoisotopic (exact) mass is 528 g/mol. The summed E-state index contributed by atoms with van der Waals surface area (Å²) in [5.74, 6) is -2.33. The second-order valence-electron chi connectivity index (χ2n) is 7.63. The third-order valence-electron chi connectivity index (χ3n) is 5.48. The average Bonchev–Trinajstić information content (AvgIpc) is 3.55. The molecule has 4 N–H and O–H groups in total. The first-order chi connectivity index (χ1) is 17.4. The van der Waals surface area contributed by atoms with E-state index in [-0.39, 0.29) is 28.8 Å². The molecule has 36 heavy (non-hydrogen) atoms. The molecule has 2 aliphatic heterocycles. The van der Waals surface area contributed by atoms with Gasteiger partial charge in [0, 0.05) is 28.8 Å². The van der Waals surface area contributed by atoms with Crippen molar-refractivity contribution in [2.45, 2.75) is 18.0 Å². The van der Waals surface area contributed by atoms with E-state index in [1.165, 1.54) is 23.5 Å². The standard InChI is InChI=1S/C20H16N8O6S2/c21-20-24-11(7-36-20)12(26-33)15(29)25-13-17(30)28-14(19(31)32)10(6-35-18(13)28)5-27-3-1-9(2-4-27)16-22-8-23-34-16/h1-4,7-8,13,18H,5-6H2,(H4-,21,24,25,29,31,32,33)/t13-,18+/m1/s1. The van der Waals surface area contributed by atoms with Gasteiger partial charge in [-0.3, -0.25) is 14.5 Å². The van der Waals surface area contributed by atoms with Crippen molar-refractivity contribution in [2.24, 2.45) is 5.16 Å². The van der Waals surface area contributed by atoms with Gasteiger partial charge in [0.25, 0.3) is 17.7 Å². The summed E-state index contributed by atoms with van der Waals surface area (Å²) in [7, 11) is 0. The molecule has 184 valence electrons. The van der Waals surface area contributed by atoms with Crippen LogP contribution in [-0.2, 0) is 20.9 Å². The molecule has 14 nitrogen and oxygen atoms in total. The number of amides is 2. The van der Waals surface area contributed by atoms with Gasteiger partial charge in [0.1, 0.15) is 17.1 Å². The van der Waals surface area contributed by atoms with Crippen LogP contribution in [0.1, 0.15) is 5.69 Å². The van der Waals surface area contributed by atoms with E-state index in [1.807, 2.05) is 0 Å². The van der Waals surface area contributed by atoms with Crippen molar-refractivity contribution in [3.8, 4) is 11.5 Å². The second-order valence-corrected chi connectivity index (χ2v) is 9.62. The van der Waals surface area contributed by atoms with Crippen LogP contribution >= 0.6 is 23.1 Å². The SMILES string of the molecule is Nc1nc(C(=NO)C(=O)N[C@@H]2C(=O)N3C(C(=O)[O-])=C(C[n+]4ccc(-c5ncno5)cc4)CS[C@@H]23)cs1. The van der Waals surface area contributed by atoms with E-state index in [0.29, 0.717) is 17.0 Å². The highest BCUT2D eigenvalue weighted by atomic mass is 32.2. The number of nitrogen functional groups attached to an aromatic ring is 1. The number of pyridine rings is 1. The Hall–Kier alpha value is -4.31. The van der Waals surface area contributed by atoms with Crippen molar-refractivity contribution in [1.82, 2.24) is 25.3 Å². The van der Waals surface area contributed by atoms with Crippen molar-refractivity contribution in [1.29, 1.82) is 0 Å². The number of oxime groups is 1. The van der Waals surface area contributed by atoms with Gasteiger partial charge in [0.2, 0.25) is 0 Å². The summed E-state index contributed by atoms with van der Waals surface area (Å²) in [5, 5.41) is 31.2. The van der Waals surface area contributed by atoms with E-state index in [0.717, 1.165) is 16.2 Å². The fraction of sp³-hybridized carbons (Fsp3) is 0.200. The Morgan fingerprint density at radius 2 is 2.17 bits per heavy atom. The van der Waals surface area contributed by atoms with Crippen LogP contribution in [0.2, 0.25) is 0 Å². The first-order valence-electron chi connectivity index (χ1n) is 10.3. The van der Waals surface area contributed by atoms with E-state index in [4.69, 9.17) is 10.3 Å². The molecule has 0 radical (unpaired) electrons. The average molecular weight is 529 g/mol. The van der Waals surface area contributed by atoms with Crippen LogP contribution in [0.4, 0.5) is 5.13 Å². The number of nitrogens with one attached hydrogen (secondary N) is 1. The molecule has 0 aromatic carbocycles. The molecule has 0 spiro atoms. The number of fused-ring (bicyclic) bond motifs is 1. The lowest BCUT2D eigenvalue weighted by atomic mass is 10.0. The number of carboxylic acids is 1. The van der Waals surface area contributed by atoms with Crippen molar-refractivity contribution in [3.63, 3.8) is 0 Å². The zero-order chi connectivity index (χ0) is 25.4. The Bertz CT molecular complexity index is 1400. The number of hydrogen-bond acceptors (Lipinski definition) is 13. The number of nitrogens with two attached hydrogens (primary N) is 1. The number of thiazole rings is 1. The molecular weight excluding hydrogens is 512 g/mol. The number of thioether (sulfide) groups is 1. The number of carboxylic acid groups (broad SMARTS) is 1. The zero-order valence-corrected chi connectivity index (χ0v) is 19.7. The number of aromatic nitrogens is 4. The minimum atomic E-state index is -1.49. The van der Waals surface area contributed by atoms with Crippen LogP contribution in [-0.4, -0.2) is 65.9 Å². The van der Waals surface area contributed by atoms with Gasteiger partial charge in [-0.2, -0.15) is 4.98 Å². The molecule has 0 aliphatic carbocycles. The summed E-state index contributed by atoms with van der Waals surface area (Å²) >= 11 is 2.35. The topological polar surface area (TPSA) is 204 Å². The van der Waals surface area contributed by atoms with Gasteiger partial charge < -0.3 is 30.7 Å². The van der Waals surface area contributed by atoms with Crippen LogP contribution in [0.5, 0.6) is 0 Å². The van der Waals surface area contributed by atoms with E-state index >= 15 is 0 Å².